The van der Waals surface area contributed by atoms with E-state index in [1.54, 1.807) is 0 Å². The van der Waals surface area contributed by atoms with Crippen LogP contribution < -0.4 is 21.7 Å². The molecule has 1 aliphatic heterocycles. The van der Waals surface area contributed by atoms with E-state index in [1.165, 1.54) is 13.8 Å². The van der Waals surface area contributed by atoms with Gasteiger partial charge in [0, 0.05) is 0 Å². The predicted molar refractivity (Wildman–Crippen MR) is 85.5 cm³/mol. The van der Waals surface area contributed by atoms with E-state index in [-0.39, 0.29) is 24.3 Å². The first kappa shape index (κ1) is 19.5. The Labute approximate surface area is 136 Å². The minimum Gasteiger partial charge on any atom is -0.391 e. The van der Waals surface area contributed by atoms with E-state index < -0.39 is 24.1 Å². The van der Waals surface area contributed by atoms with Gasteiger partial charge in [-0.1, -0.05) is 6.42 Å². The van der Waals surface area contributed by atoms with Crippen molar-refractivity contribution in [2.75, 3.05) is 13.1 Å². The van der Waals surface area contributed by atoms with Crippen LogP contribution in [0.1, 0.15) is 39.5 Å². The zero-order valence-corrected chi connectivity index (χ0v) is 13.8. The van der Waals surface area contributed by atoms with Gasteiger partial charge in [-0.25, -0.2) is 0 Å². The van der Waals surface area contributed by atoms with Crippen molar-refractivity contribution in [3.05, 3.63) is 0 Å². The van der Waals surface area contributed by atoms with Crippen molar-refractivity contribution in [2.24, 2.45) is 5.73 Å². The largest absolute Gasteiger partial charge is 0.391 e. The Balaban J connectivity index is 2.66. The summed E-state index contributed by atoms with van der Waals surface area (Å²) >= 11 is 0. The lowest BCUT2D eigenvalue weighted by Crippen LogP contribution is -2.59. The normalized spacial score (nSPS) is 21.8. The number of nitrogens with two attached hydrogens (primary N) is 1. The summed E-state index contributed by atoms with van der Waals surface area (Å²) < 4.78 is 0. The highest BCUT2D eigenvalue weighted by Gasteiger charge is 2.31. The summed E-state index contributed by atoms with van der Waals surface area (Å²) in [6.07, 6.45) is 1.89. The van der Waals surface area contributed by atoms with Gasteiger partial charge in [-0.2, -0.15) is 0 Å². The molecule has 0 saturated carbocycles. The van der Waals surface area contributed by atoms with E-state index in [0.29, 0.717) is 12.8 Å². The standard InChI is InChI=1S/C15H28N4O4/c1-9(20)11(6-7-16)18-15(23)13(10(2)21)19-14(22)12-5-3-4-8-17-12/h10-13,17,21H,3-8,16H2,1-2H3,(H,18,23)(H,19,22)/t10?,11-,12?,13-/m0/s1. The smallest absolute Gasteiger partial charge is 0.245 e. The molecule has 0 radical (unpaired) electrons. The predicted octanol–water partition coefficient (Wildman–Crippen LogP) is -1.58. The third-order valence-corrected chi connectivity index (χ3v) is 3.95. The maximum absolute atomic E-state index is 12.3. The van der Waals surface area contributed by atoms with Crippen LogP contribution in [0.2, 0.25) is 0 Å². The van der Waals surface area contributed by atoms with Gasteiger partial charge in [0.2, 0.25) is 11.8 Å². The Morgan fingerprint density at radius 3 is 2.48 bits per heavy atom. The van der Waals surface area contributed by atoms with E-state index >= 15 is 0 Å². The maximum atomic E-state index is 12.3. The fourth-order valence-electron chi connectivity index (χ4n) is 2.54. The molecule has 8 heteroatoms. The average Bonchev–Trinajstić information content (AvgIpc) is 2.52. The number of aliphatic hydroxyl groups is 1. The number of amides is 2. The van der Waals surface area contributed by atoms with E-state index in [4.69, 9.17) is 5.73 Å². The Hall–Kier alpha value is -1.51. The van der Waals surface area contributed by atoms with Gasteiger partial charge in [0.1, 0.15) is 6.04 Å². The van der Waals surface area contributed by atoms with Crippen LogP contribution in [0.3, 0.4) is 0 Å². The minimum atomic E-state index is -1.11. The van der Waals surface area contributed by atoms with Crippen LogP contribution in [0, 0.1) is 0 Å². The van der Waals surface area contributed by atoms with E-state index in [2.05, 4.69) is 16.0 Å². The molecular formula is C15H28N4O4. The van der Waals surface area contributed by atoms with E-state index in [0.717, 1.165) is 19.4 Å². The summed E-state index contributed by atoms with van der Waals surface area (Å²) in [6.45, 7) is 3.79. The molecule has 0 aromatic carbocycles. The Kier molecular flexibility index (Phi) is 8.15. The van der Waals surface area contributed by atoms with Gasteiger partial charge in [-0.3, -0.25) is 14.4 Å². The number of rotatable bonds is 8. The zero-order valence-electron chi connectivity index (χ0n) is 13.8. The summed E-state index contributed by atoms with van der Waals surface area (Å²) in [5.74, 6) is -1.12. The molecule has 0 aromatic rings. The van der Waals surface area contributed by atoms with Crippen LogP contribution >= 0.6 is 0 Å². The molecule has 2 unspecified atom stereocenters. The number of hydrogen-bond donors (Lipinski definition) is 5. The Morgan fingerprint density at radius 1 is 1.30 bits per heavy atom. The average molecular weight is 328 g/mol. The lowest BCUT2D eigenvalue weighted by atomic mass is 10.0. The highest BCUT2D eigenvalue weighted by molar-refractivity contribution is 5.93. The summed E-state index contributed by atoms with van der Waals surface area (Å²) in [7, 11) is 0. The second kappa shape index (κ2) is 9.59. The number of piperidine rings is 1. The molecule has 0 bridgehead atoms. The molecule has 1 aliphatic rings. The summed E-state index contributed by atoms with van der Waals surface area (Å²) in [4.78, 5) is 36.0. The van der Waals surface area contributed by atoms with Crippen LogP contribution in [0.25, 0.3) is 0 Å². The first-order chi connectivity index (χ1) is 10.9. The fourth-order valence-corrected chi connectivity index (χ4v) is 2.54. The minimum absolute atomic E-state index is 0.214. The third-order valence-electron chi connectivity index (χ3n) is 3.95. The van der Waals surface area contributed by atoms with Crippen LogP contribution in [-0.4, -0.2) is 60.0 Å². The molecule has 1 heterocycles. The monoisotopic (exact) mass is 328 g/mol. The maximum Gasteiger partial charge on any atom is 0.245 e. The van der Waals surface area contributed by atoms with Gasteiger partial charge >= 0.3 is 0 Å². The van der Waals surface area contributed by atoms with Crippen molar-refractivity contribution in [2.45, 2.75) is 63.8 Å². The molecule has 1 rings (SSSR count). The first-order valence-electron chi connectivity index (χ1n) is 8.09. The van der Waals surface area contributed by atoms with Crippen LogP contribution in [0.5, 0.6) is 0 Å². The number of Topliss-reactive ketones (excluding diaryl/α,β-unsaturated/α-hetero) is 1. The first-order valence-corrected chi connectivity index (χ1v) is 8.09. The molecule has 1 fully saturated rings. The molecule has 0 spiro atoms. The van der Waals surface area contributed by atoms with Crippen LogP contribution in [0.15, 0.2) is 0 Å². The molecule has 0 aromatic heterocycles. The number of hydrogen-bond acceptors (Lipinski definition) is 6. The second-order valence-electron chi connectivity index (χ2n) is 5.98. The van der Waals surface area contributed by atoms with Crippen LogP contribution in [0.4, 0.5) is 0 Å². The lowest BCUT2D eigenvalue weighted by molar-refractivity contribution is -0.134. The van der Waals surface area contributed by atoms with E-state index in [9.17, 15) is 19.5 Å². The van der Waals surface area contributed by atoms with Gasteiger partial charge in [0.15, 0.2) is 5.78 Å². The van der Waals surface area contributed by atoms with Gasteiger partial charge in [0.25, 0.3) is 0 Å². The van der Waals surface area contributed by atoms with Crippen LogP contribution in [-0.2, 0) is 14.4 Å². The number of nitrogens with one attached hydrogen (secondary N) is 3. The van der Waals surface area contributed by atoms with E-state index in [1.807, 2.05) is 0 Å². The van der Waals surface area contributed by atoms with Gasteiger partial charge in [-0.15, -0.1) is 0 Å². The Morgan fingerprint density at radius 2 is 2.00 bits per heavy atom. The van der Waals surface area contributed by atoms with Crippen molar-refractivity contribution in [1.82, 2.24) is 16.0 Å². The Bertz CT molecular complexity index is 422. The molecule has 1 saturated heterocycles. The summed E-state index contributed by atoms with van der Waals surface area (Å²) in [5.41, 5.74) is 5.43. The molecule has 132 valence electrons. The van der Waals surface area contributed by atoms with Gasteiger partial charge < -0.3 is 26.8 Å². The van der Waals surface area contributed by atoms with Crippen molar-refractivity contribution in [3.8, 4) is 0 Å². The fraction of sp³-hybridized carbons (Fsp3) is 0.800. The lowest BCUT2D eigenvalue weighted by Gasteiger charge is -2.27. The summed E-state index contributed by atoms with van der Waals surface area (Å²) in [5, 5.41) is 18.0. The van der Waals surface area contributed by atoms with Crippen molar-refractivity contribution < 1.29 is 19.5 Å². The van der Waals surface area contributed by atoms with Gasteiger partial charge in [0.05, 0.1) is 18.2 Å². The molecule has 8 nitrogen and oxygen atoms in total. The van der Waals surface area contributed by atoms with Crippen molar-refractivity contribution in [1.29, 1.82) is 0 Å². The topological polar surface area (TPSA) is 134 Å². The third kappa shape index (κ3) is 6.25. The molecule has 6 N–H and O–H groups in total. The highest BCUT2D eigenvalue weighted by Crippen LogP contribution is 2.08. The number of aliphatic hydroxyl groups excluding tert-OH is 1. The summed E-state index contributed by atoms with van der Waals surface area (Å²) in [6, 6.07) is -2.17. The number of carbonyl (C=O) groups is 3. The second-order valence-corrected chi connectivity index (χ2v) is 5.98. The molecule has 4 atom stereocenters. The number of ketones is 1. The molecule has 2 amide bonds. The zero-order chi connectivity index (χ0) is 17.4. The molecule has 23 heavy (non-hydrogen) atoms. The SMILES string of the molecule is CC(=O)[C@H](CCN)NC(=O)[C@@H](NC(=O)C1CCCCN1)C(C)O. The van der Waals surface area contributed by atoms with Crippen molar-refractivity contribution >= 4 is 17.6 Å². The molecule has 0 aliphatic carbocycles. The number of carbonyl (C=O) groups excluding carboxylic acids is 3. The highest BCUT2D eigenvalue weighted by atomic mass is 16.3. The quantitative estimate of drug-likeness (QED) is 0.365. The van der Waals surface area contributed by atoms with Crippen molar-refractivity contribution in [3.63, 3.8) is 0 Å². The molecular weight excluding hydrogens is 300 g/mol. The van der Waals surface area contributed by atoms with Gasteiger partial charge in [-0.05, 0) is 46.2 Å².